The lowest BCUT2D eigenvalue weighted by molar-refractivity contribution is -0.118. The Hall–Kier alpha value is -1.17. The number of methoxy groups -OCH3 is 1. The number of rotatable bonds is 4. The predicted octanol–water partition coefficient (Wildman–Crippen LogP) is 1.16. The minimum atomic E-state index is -0.752. The van der Waals surface area contributed by atoms with Gasteiger partial charge in [0.1, 0.15) is 11.9 Å². The van der Waals surface area contributed by atoms with Crippen molar-refractivity contribution in [3.63, 3.8) is 0 Å². The van der Waals surface area contributed by atoms with Crippen LogP contribution in [-0.4, -0.2) is 25.7 Å². The topological polar surface area (TPSA) is 64.3 Å². The van der Waals surface area contributed by atoms with Crippen molar-refractivity contribution in [2.24, 2.45) is 5.73 Å². The summed E-state index contributed by atoms with van der Waals surface area (Å²) in [6.07, 6.45) is 0. The highest BCUT2D eigenvalue weighted by Gasteiger charge is 2.12. The van der Waals surface area contributed by atoms with Gasteiger partial charge in [-0.25, -0.2) is 4.39 Å². The summed E-state index contributed by atoms with van der Waals surface area (Å²) in [5, 5.41) is 2.48. The Morgan fingerprint density at radius 2 is 2.31 bits per heavy atom. The molecule has 1 aromatic rings. The van der Waals surface area contributed by atoms with Crippen LogP contribution in [0.15, 0.2) is 24.3 Å². The molecular formula is C10H14ClFN2O2. The Morgan fingerprint density at radius 3 is 2.88 bits per heavy atom. The van der Waals surface area contributed by atoms with E-state index in [1.807, 2.05) is 0 Å². The third kappa shape index (κ3) is 4.57. The highest BCUT2D eigenvalue weighted by Crippen LogP contribution is 2.08. The van der Waals surface area contributed by atoms with Gasteiger partial charge in [0.25, 0.3) is 0 Å². The summed E-state index contributed by atoms with van der Waals surface area (Å²) in [6.45, 7) is 0.126. The van der Waals surface area contributed by atoms with Gasteiger partial charge in [0.15, 0.2) is 0 Å². The molecule has 1 amide bonds. The van der Waals surface area contributed by atoms with Gasteiger partial charge in [0.2, 0.25) is 5.91 Å². The van der Waals surface area contributed by atoms with Crippen LogP contribution in [0.1, 0.15) is 0 Å². The van der Waals surface area contributed by atoms with Crippen LogP contribution in [0.25, 0.3) is 0 Å². The fourth-order valence-electron chi connectivity index (χ4n) is 1.06. The van der Waals surface area contributed by atoms with Crippen molar-refractivity contribution in [2.75, 3.05) is 19.0 Å². The molecule has 1 unspecified atom stereocenters. The zero-order chi connectivity index (χ0) is 11.3. The number of hydrogen-bond donors (Lipinski definition) is 2. The highest BCUT2D eigenvalue weighted by atomic mass is 35.5. The number of ether oxygens (including phenoxy) is 1. The third-order valence-electron chi connectivity index (χ3n) is 1.78. The second kappa shape index (κ2) is 7.16. The number of hydrogen-bond acceptors (Lipinski definition) is 3. The molecule has 4 nitrogen and oxygen atoms in total. The minimum Gasteiger partial charge on any atom is -0.383 e. The number of halogens is 2. The van der Waals surface area contributed by atoms with Crippen molar-refractivity contribution in [2.45, 2.75) is 6.04 Å². The molecule has 0 saturated heterocycles. The fraction of sp³-hybridized carbons (Fsp3) is 0.300. The van der Waals surface area contributed by atoms with E-state index in [9.17, 15) is 9.18 Å². The summed E-state index contributed by atoms with van der Waals surface area (Å²) < 4.78 is 17.5. The van der Waals surface area contributed by atoms with Crippen LogP contribution >= 0.6 is 12.4 Å². The van der Waals surface area contributed by atoms with Crippen molar-refractivity contribution in [3.05, 3.63) is 30.1 Å². The first-order chi connectivity index (χ1) is 7.13. The average molecular weight is 249 g/mol. The SMILES string of the molecule is COCC(N)C(=O)Nc1cccc(F)c1.Cl. The number of nitrogens with two attached hydrogens (primary N) is 1. The van der Waals surface area contributed by atoms with Crippen molar-refractivity contribution in [1.82, 2.24) is 0 Å². The summed E-state index contributed by atoms with van der Waals surface area (Å²) in [7, 11) is 1.45. The molecule has 90 valence electrons. The van der Waals surface area contributed by atoms with Crippen LogP contribution in [0.3, 0.4) is 0 Å². The average Bonchev–Trinajstić information content (AvgIpc) is 2.18. The standard InChI is InChI=1S/C10H13FN2O2.ClH/c1-15-6-9(12)10(14)13-8-4-2-3-7(11)5-8;/h2-5,9H,6,12H2,1H3,(H,13,14);1H. The first kappa shape index (κ1) is 14.8. The van der Waals surface area contributed by atoms with Gasteiger partial charge in [0, 0.05) is 12.8 Å². The molecule has 1 aromatic carbocycles. The Labute approximate surface area is 99.4 Å². The Balaban J connectivity index is 0.00000225. The first-order valence-corrected chi connectivity index (χ1v) is 4.44. The lowest BCUT2D eigenvalue weighted by atomic mass is 10.2. The second-order valence-electron chi connectivity index (χ2n) is 3.06. The van der Waals surface area contributed by atoms with Gasteiger partial charge in [0.05, 0.1) is 6.61 Å². The van der Waals surface area contributed by atoms with E-state index in [0.717, 1.165) is 0 Å². The van der Waals surface area contributed by atoms with Crippen LogP contribution in [0.2, 0.25) is 0 Å². The minimum absolute atomic E-state index is 0. The monoisotopic (exact) mass is 248 g/mol. The molecule has 0 aliphatic heterocycles. The highest BCUT2D eigenvalue weighted by molar-refractivity contribution is 5.94. The van der Waals surface area contributed by atoms with Crippen molar-refractivity contribution >= 4 is 24.0 Å². The van der Waals surface area contributed by atoms with Crippen LogP contribution in [0.4, 0.5) is 10.1 Å². The van der Waals surface area contributed by atoms with Gasteiger partial charge in [-0.1, -0.05) is 6.07 Å². The molecular weight excluding hydrogens is 235 g/mol. The molecule has 3 N–H and O–H groups in total. The molecule has 0 fully saturated rings. The normalized spacial score (nSPS) is 11.4. The number of nitrogens with one attached hydrogen (secondary N) is 1. The smallest absolute Gasteiger partial charge is 0.243 e. The van der Waals surface area contributed by atoms with Gasteiger partial charge in [-0.05, 0) is 18.2 Å². The van der Waals surface area contributed by atoms with Crippen LogP contribution < -0.4 is 11.1 Å². The molecule has 6 heteroatoms. The fourth-order valence-corrected chi connectivity index (χ4v) is 1.06. The summed E-state index contributed by atoms with van der Waals surface area (Å²) in [5.74, 6) is -0.810. The van der Waals surface area contributed by atoms with Crippen molar-refractivity contribution in [3.8, 4) is 0 Å². The summed E-state index contributed by atoms with van der Waals surface area (Å²) in [4.78, 5) is 11.4. The molecule has 16 heavy (non-hydrogen) atoms. The van der Waals surface area contributed by atoms with E-state index < -0.39 is 17.8 Å². The molecule has 0 radical (unpaired) electrons. The van der Waals surface area contributed by atoms with Crippen LogP contribution in [0, 0.1) is 5.82 Å². The van der Waals surface area contributed by atoms with E-state index in [-0.39, 0.29) is 19.0 Å². The zero-order valence-corrected chi connectivity index (χ0v) is 9.59. The van der Waals surface area contributed by atoms with E-state index >= 15 is 0 Å². The molecule has 0 spiro atoms. The van der Waals surface area contributed by atoms with Gasteiger partial charge in [-0.2, -0.15) is 0 Å². The molecule has 0 bridgehead atoms. The van der Waals surface area contributed by atoms with E-state index in [1.165, 1.54) is 25.3 Å². The summed E-state index contributed by atoms with van der Waals surface area (Å²) in [5.41, 5.74) is 5.86. The molecule has 0 aliphatic rings. The van der Waals surface area contributed by atoms with Crippen LogP contribution in [-0.2, 0) is 9.53 Å². The first-order valence-electron chi connectivity index (χ1n) is 4.44. The summed E-state index contributed by atoms with van der Waals surface area (Å²) >= 11 is 0. The number of amides is 1. The van der Waals surface area contributed by atoms with Crippen molar-refractivity contribution < 1.29 is 13.9 Å². The number of carbonyl (C=O) groups excluding carboxylic acids is 1. The maximum Gasteiger partial charge on any atom is 0.243 e. The Kier molecular flexibility index (Phi) is 6.64. The van der Waals surface area contributed by atoms with Crippen molar-refractivity contribution in [1.29, 1.82) is 0 Å². The third-order valence-corrected chi connectivity index (χ3v) is 1.78. The quantitative estimate of drug-likeness (QED) is 0.841. The van der Waals surface area contributed by atoms with E-state index in [0.29, 0.717) is 5.69 Å². The Morgan fingerprint density at radius 1 is 1.62 bits per heavy atom. The van der Waals surface area contributed by atoms with Gasteiger partial charge in [-0.3, -0.25) is 4.79 Å². The molecule has 0 saturated carbocycles. The predicted molar refractivity (Wildman–Crippen MR) is 62.1 cm³/mol. The molecule has 1 rings (SSSR count). The van der Waals surface area contributed by atoms with Gasteiger partial charge in [-0.15, -0.1) is 12.4 Å². The molecule has 0 heterocycles. The zero-order valence-electron chi connectivity index (χ0n) is 8.77. The summed E-state index contributed by atoms with van der Waals surface area (Å²) in [6, 6.07) is 4.85. The molecule has 1 atom stereocenters. The Bertz CT molecular complexity index is 349. The van der Waals surface area contributed by atoms with E-state index in [1.54, 1.807) is 6.07 Å². The lowest BCUT2D eigenvalue weighted by Crippen LogP contribution is -2.39. The number of carbonyl (C=O) groups is 1. The number of benzene rings is 1. The van der Waals surface area contributed by atoms with Gasteiger partial charge < -0.3 is 15.8 Å². The second-order valence-corrected chi connectivity index (χ2v) is 3.06. The largest absolute Gasteiger partial charge is 0.383 e. The van der Waals surface area contributed by atoms with E-state index in [2.05, 4.69) is 5.32 Å². The maximum atomic E-state index is 12.8. The molecule has 0 aliphatic carbocycles. The lowest BCUT2D eigenvalue weighted by Gasteiger charge is -2.10. The molecule has 0 aromatic heterocycles. The van der Waals surface area contributed by atoms with Gasteiger partial charge >= 0.3 is 0 Å². The van der Waals surface area contributed by atoms with Crippen LogP contribution in [0.5, 0.6) is 0 Å². The number of anilines is 1. The van der Waals surface area contributed by atoms with E-state index in [4.69, 9.17) is 10.5 Å². The maximum absolute atomic E-state index is 12.8.